The van der Waals surface area contributed by atoms with Gasteiger partial charge < -0.3 is 9.47 Å². The van der Waals surface area contributed by atoms with E-state index in [1.165, 1.54) is 11.1 Å². The van der Waals surface area contributed by atoms with E-state index in [4.69, 9.17) is 14.6 Å². The maximum absolute atomic E-state index is 6.42. The molecule has 2 aliphatic rings. The van der Waals surface area contributed by atoms with E-state index in [2.05, 4.69) is 66.5 Å². The van der Waals surface area contributed by atoms with Gasteiger partial charge in [0, 0.05) is 17.5 Å². The molecule has 0 spiro atoms. The molecule has 0 bridgehead atoms. The minimum atomic E-state index is -0.230. The molecule has 2 heterocycles. The fourth-order valence-electron chi connectivity index (χ4n) is 4.16. The molecule has 0 unspecified atom stereocenters. The third-order valence-electron chi connectivity index (χ3n) is 5.62. The maximum atomic E-state index is 6.42. The van der Waals surface area contributed by atoms with Crippen molar-refractivity contribution in [3.63, 3.8) is 0 Å². The molecule has 0 aromatic heterocycles. The lowest BCUT2D eigenvalue weighted by atomic mass is 9.96. The smallest absolute Gasteiger partial charge is 0.213 e. The molecule has 0 radical (unpaired) electrons. The first-order valence-electron chi connectivity index (χ1n) is 10.5. The van der Waals surface area contributed by atoms with Crippen LogP contribution >= 0.6 is 0 Å². The normalized spacial score (nSPS) is 19.7. The highest BCUT2D eigenvalue weighted by atomic mass is 16.5. The Kier molecular flexibility index (Phi) is 4.70. The average Bonchev–Trinajstić information content (AvgIpc) is 3.20. The summed E-state index contributed by atoms with van der Waals surface area (Å²) in [5.74, 6) is 1.83. The van der Waals surface area contributed by atoms with Gasteiger partial charge in [0.2, 0.25) is 6.23 Å². The highest BCUT2D eigenvalue weighted by Crippen LogP contribution is 2.47. The zero-order valence-corrected chi connectivity index (χ0v) is 17.6. The number of hydrogen-bond donors (Lipinski definition) is 0. The second-order valence-electron chi connectivity index (χ2n) is 8.26. The average molecular weight is 399 g/mol. The van der Waals surface area contributed by atoms with Crippen LogP contribution in [0, 0.1) is 6.92 Å². The first-order valence-corrected chi connectivity index (χ1v) is 10.5. The van der Waals surface area contributed by atoms with E-state index in [9.17, 15) is 0 Å². The Morgan fingerprint density at radius 3 is 2.43 bits per heavy atom. The van der Waals surface area contributed by atoms with Crippen molar-refractivity contribution in [1.82, 2.24) is 5.01 Å². The van der Waals surface area contributed by atoms with Crippen LogP contribution in [0.1, 0.15) is 54.8 Å². The minimum Gasteiger partial charge on any atom is -0.491 e. The Hall–Kier alpha value is -3.27. The van der Waals surface area contributed by atoms with Crippen LogP contribution in [0.15, 0.2) is 77.9 Å². The summed E-state index contributed by atoms with van der Waals surface area (Å²) in [7, 11) is 0. The Labute approximate surface area is 177 Å². The van der Waals surface area contributed by atoms with Crippen LogP contribution in [0.2, 0.25) is 0 Å². The molecule has 3 aromatic rings. The summed E-state index contributed by atoms with van der Waals surface area (Å²) >= 11 is 0. The molecule has 0 aliphatic carbocycles. The van der Waals surface area contributed by atoms with Gasteiger partial charge in [0.05, 0.1) is 17.9 Å². The summed E-state index contributed by atoms with van der Waals surface area (Å²) in [6, 6.07) is 25.3. The number of benzene rings is 3. The van der Waals surface area contributed by atoms with Crippen LogP contribution in [-0.2, 0) is 0 Å². The van der Waals surface area contributed by atoms with Gasteiger partial charge in [0.1, 0.15) is 11.5 Å². The number of hydrogen-bond acceptors (Lipinski definition) is 4. The van der Waals surface area contributed by atoms with Gasteiger partial charge in [-0.25, -0.2) is 5.01 Å². The summed E-state index contributed by atoms with van der Waals surface area (Å²) in [5.41, 5.74) is 5.75. The number of fused-ring (bicyclic) bond motifs is 3. The van der Waals surface area contributed by atoms with Crippen LogP contribution < -0.4 is 9.47 Å². The summed E-state index contributed by atoms with van der Waals surface area (Å²) in [4.78, 5) is 0. The molecule has 3 aromatic carbocycles. The monoisotopic (exact) mass is 398 g/mol. The first-order chi connectivity index (χ1) is 14.6. The minimum absolute atomic E-state index is 0.164. The van der Waals surface area contributed by atoms with Gasteiger partial charge in [-0.1, -0.05) is 48.0 Å². The zero-order valence-electron chi connectivity index (χ0n) is 17.6. The van der Waals surface area contributed by atoms with Crippen molar-refractivity contribution in [2.24, 2.45) is 5.10 Å². The third kappa shape index (κ3) is 3.43. The van der Waals surface area contributed by atoms with Crippen molar-refractivity contribution in [3.05, 3.63) is 95.1 Å². The molecule has 0 saturated carbocycles. The number of aryl methyl sites for hydroxylation is 1. The molecule has 5 rings (SSSR count). The fraction of sp³-hybridized carbons (Fsp3) is 0.269. The number of hydrazone groups is 1. The molecule has 30 heavy (non-hydrogen) atoms. The van der Waals surface area contributed by atoms with Crippen molar-refractivity contribution in [2.45, 2.75) is 45.6 Å². The van der Waals surface area contributed by atoms with Crippen LogP contribution in [0.25, 0.3) is 0 Å². The predicted molar refractivity (Wildman–Crippen MR) is 119 cm³/mol. The van der Waals surface area contributed by atoms with E-state index in [1.807, 2.05) is 32.0 Å². The van der Waals surface area contributed by atoms with Crippen molar-refractivity contribution < 1.29 is 9.47 Å². The number of rotatable bonds is 4. The Bertz CT molecular complexity index is 1070. The highest BCUT2D eigenvalue weighted by Gasteiger charge is 2.40. The molecular weight excluding hydrogens is 372 g/mol. The topological polar surface area (TPSA) is 34.1 Å². The molecule has 0 N–H and O–H groups in total. The lowest BCUT2D eigenvalue weighted by Crippen LogP contribution is -2.33. The van der Waals surface area contributed by atoms with Crippen molar-refractivity contribution in [3.8, 4) is 11.5 Å². The van der Waals surface area contributed by atoms with Crippen molar-refractivity contribution >= 4 is 5.71 Å². The van der Waals surface area contributed by atoms with Gasteiger partial charge in [-0.05, 0) is 56.7 Å². The van der Waals surface area contributed by atoms with E-state index in [0.717, 1.165) is 34.8 Å². The van der Waals surface area contributed by atoms with Crippen LogP contribution in [0.4, 0.5) is 0 Å². The lowest BCUT2D eigenvalue weighted by Gasteiger charge is -2.38. The van der Waals surface area contributed by atoms with Gasteiger partial charge in [-0.2, -0.15) is 5.10 Å². The largest absolute Gasteiger partial charge is 0.491 e. The number of para-hydroxylation sites is 1. The molecule has 4 heteroatoms. The van der Waals surface area contributed by atoms with Gasteiger partial charge in [-0.15, -0.1) is 0 Å². The zero-order chi connectivity index (χ0) is 20.7. The Balaban J connectivity index is 1.50. The second-order valence-corrected chi connectivity index (χ2v) is 8.26. The Morgan fingerprint density at radius 1 is 0.967 bits per heavy atom. The Morgan fingerprint density at radius 2 is 1.70 bits per heavy atom. The van der Waals surface area contributed by atoms with E-state index in [1.54, 1.807) is 0 Å². The molecular formula is C26H26N2O2. The quantitative estimate of drug-likeness (QED) is 0.538. The summed E-state index contributed by atoms with van der Waals surface area (Å²) < 4.78 is 12.2. The lowest BCUT2D eigenvalue weighted by molar-refractivity contribution is -0.0190. The van der Waals surface area contributed by atoms with Crippen LogP contribution in [-0.4, -0.2) is 16.8 Å². The first kappa shape index (κ1) is 18.7. The molecule has 2 aliphatic heterocycles. The number of nitrogens with zero attached hydrogens (tertiary/aromatic N) is 2. The van der Waals surface area contributed by atoms with Gasteiger partial charge in [0.25, 0.3) is 0 Å². The van der Waals surface area contributed by atoms with Crippen molar-refractivity contribution in [1.29, 1.82) is 0 Å². The van der Waals surface area contributed by atoms with Gasteiger partial charge in [-0.3, -0.25) is 0 Å². The molecule has 152 valence electrons. The summed E-state index contributed by atoms with van der Waals surface area (Å²) in [6.07, 6.45) is 0.789. The second kappa shape index (κ2) is 7.52. The van der Waals surface area contributed by atoms with Crippen LogP contribution in [0.5, 0.6) is 11.5 Å². The molecule has 2 atom stereocenters. The maximum Gasteiger partial charge on any atom is 0.213 e. The van der Waals surface area contributed by atoms with E-state index >= 15 is 0 Å². The number of ether oxygens (including phenoxy) is 2. The molecule has 0 fully saturated rings. The van der Waals surface area contributed by atoms with E-state index in [-0.39, 0.29) is 18.4 Å². The highest BCUT2D eigenvalue weighted by molar-refractivity contribution is 6.02. The SMILES string of the molecule is Cc1ccc([C@@H]2Oc3ccccc3[C@@H]3CC(c4ccc(OC(C)C)cc4)=NN32)cc1. The predicted octanol–water partition coefficient (Wildman–Crippen LogP) is 6.02. The molecule has 0 saturated heterocycles. The van der Waals surface area contributed by atoms with E-state index < -0.39 is 0 Å². The van der Waals surface area contributed by atoms with Gasteiger partial charge >= 0.3 is 0 Å². The molecule has 0 amide bonds. The van der Waals surface area contributed by atoms with E-state index in [0.29, 0.717) is 0 Å². The van der Waals surface area contributed by atoms with Crippen LogP contribution in [0.3, 0.4) is 0 Å². The molecule has 4 nitrogen and oxygen atoms in total. The summed E-state index contributed by atoms with van der Waals surface area (Å²) in [5, 5.41) is 7.16. The van der Waals surface area contributed by atoms with Gasteiger partial charge in [0.15, 0.2) is 0 Å². The third-order valence-corrected chi connectivity index (χ3v) is 5.62. The summed E-state index contributed by atoms with van der Waals surface area (Å²) in [6.45, 7) is 6.17. The standard InChI is InChI=1S/C26H26N2O2/c1-17(2)29-21-14-12-19(13-15-21)23-16-24-22-6-4-5-7-25(22)30-26(28(24)27-23)20-10-8-18(3)9-11-20/h4-15,17,24,26H,16H2,1-3H3/t24-,26-/m0/s1. The van der Waals surface area contributed by atoms with Crippen molar-refractivity contribution in [2.75, 3.05) is 0 Å². The fourth-order valence-corrected chi connectivity index (χ4v) is 4.16.